The minimum Gasteiger partial charge on any atom is -0.479 e. The van der Waals surface area contributed by atoms with E-state index in [0.29, 0.717) is 16.5 Å². The fourth-order valence-corrected chi connectivity index (χ4v) is 2.15. The van der Waals surface area contributed by atoms with Crippen molar-refractivity contribution in [1.82, 2.24) is 0 Å². The summed E-state index contributed by atoms with van der Waals surface area (Å²) in [6.07, 6.45) is -0.791. The molecule has 2 aromatic rings. The summed E-state index contributed by atoms with van der Waals surface area (Å²) in [6.45, 7) is 3.48. The summed E-state index contributed by atoms with van der Waals surface area (Å²) >= 11 is 11.9. The van der Waals surface area contributed by atoms with Gasteiger partial charge in [0.05, 0.1) is 15.7 Å². The molecule has 0 radical (unpaired) electrons. The van der Waals surface area contributed by atoms with Gasteiger partial charge in [0, 0.05) is 0 Å². The van der Waals surface area contributed by atoms with Gasteiger partial charge in [-0.25, -0.2) is 4.39 Å². The van der Waals surface area contributed by atoms with Crippen LogP contribution in [0, 0.1) is 12.7 Å². The summed E-state index contributed by atoms with van der Waals surface area (Å²) in [7, 11) is 0. The van der Waals surface area contributed by atoms with E-state index in [1.54, 1.807) is 19.1 Å². The predicted octanol–water partition coefficient (Wildman–Crippen LogP) is 4.85. The SMILES string of the molecule is Cc1ccc(Cl)c(O[C@@H](C)C(=O)Nc2ccc(F)cc2Cl)c1. The van der Waals surface area contributed by atoms with Crippen molar-refractivity contribution < 1.29 is 13.9 Å². The highest BCUT2D eigenvalue weighted by atomic mass is 35.5. The number of ether oxygens (including phenoxy) is 1. The molecule has 0 saturated carbocycles. The molecular formula is C16H14Cl2FNO2. The number of carbonyl (C=O) groups excluding carboxylic acids is 1. The summed E-state index contributed by atoms with van der Waals surface area (Å²) in [5.74, 6) is -0.459. The average molecular weight is 342 g/mol. The van der Waals surface area contributed by atoms with Gasteiger partial charge in [-0.3, -0.25) is 4.79 Å². The fourth-order valence-electron chi connectivity index (χ4n) is 1.77. The van der Waals surface area contributed by atoms with Crippen molar-refractivity contribution in [3.8, 4) is 5.75 Å². The zero-order valence-electron chi connectivity index (χ0n) is 12.0. The summed E-state index contributed by atoms with van der Waals surface area (Å²) in [6, 6.07) is 9.02. The fraction of sp³-hybridized carbons (Fsp3) is 0.188. The Kier molecular flexibility index (Phi) is 5.27. The molecule has 116 valence electrons. The number of benzene rings is 2. The lowest BCUT2D eigenvalue weighted by Crippen LogP contribution is -2.30. The van der Waals surface area contributed by atoms with E-state index in [-0.39, 0.29) is 5.02 Å². The van der Waals surface area contributed by atoms with E-state index < -0.39 is 17.8 Å². The highest BCUT2D eigenvalue weighted by Crippen LogP contribution is 2.27. The molecule has 2 rings (SSSR count). The number of rotatable bonds is 4. The Balaban J connectivity index is 2.07. The van der Waals surface area contributed by atoms with Crippen molar-refractivity contribution >= 4 is 34.8 Å². The van der Waals surface area contributed by atoms with Crippen LogP contribution < -0.4 is 10.1 Å². The number of halogens is 3. The minimum absolute atomic E-state index is 0.120. The summed E-state index contributed by atoms with van der Waals surface area (Å²) in [5.41, 5.74) is 1.28. The topological polar surface area (TPSA) is 38.3 Å². The third kappa shape index (κ3) is 4.12. The molecule has 0 aliphatic heterocycles. The van der Waals surface area contributed by atoms with Gasteiger partial charge in [-0.05, 0) is 49.7 Å². The van der Waals surface area contributed by atoms with Gasteiger partial charge >= 0.3 is 0 Å². The van der Waals surface area contributed by atoms with Crippen LogP contribution in [0.4, 0.5) is 10.1 Å². The highest BCUT2D eigenvalue weighted by Gasteiger charge is 2.17. The van der Waals surface area contributed by atoms with Crippen LogP contribution in [0.25, 0.3) is 0 Å². The van der Waals surface area contributed by atoms with Crippen LogP contribution in [-0.2, 0) is 4.79 Å². The maximum atomic E-state index is 13.0. The molecule has 0 aliphatic rings. The minimum atomic E-state index is -0.791. The standard InChI is InChI=1S/C16H14Cl2FNO2/c1-9-3-5-12(17)15(7-9)22-10(2)16(21)20-14-6-4-11(19)8-13(14)18/h3-8,10H,1-2H3,(H,20,21)/t10-/m0/s1. The molecule has 1 atom stereocenters. The average Bonchev–Trinajstić information content (AvgIpc) is 2.45. The first-order chi connectivity index (χ1) is 10.4. The van der Waals surface area contributed by atoms with Crippen molar-refractivity contribution in [2.75, 3.05) is 5.32 Å². The van der Waals surface area contributed by atoms with Gasteiger partial charge in [-0.1, -0.05) is 29.3 Å². The van der Waals surface area contributed by atoms with Crippen LogP contribution in [0.3, 0.4) is 0 Å². The Morgan fingerprint density at radius 3 is 2.59 bits per heavy atom. The zero-order valence-corrected chi connectivity index (χ0v) is 13.5. The van der Waals surface area contributed by atoms with Gasteiger partial charge < -0.3 is 10.1 Å². The summed E-state index contributed by atoms with van der Waals surface area (Å²) in [5, 5.41) is 3.13. The van der Waals surface area contributed by atoms with E-state index in [2.05, 4.69) is 5.32 Å². The third-order valence-electron chi connectivity index (χ3n) is 2.95. The third-order valence-corrected chi connectivity index (χ3v) is 3.57. The van der Waals surface area contributed by atoms with E-state index in [0.717, 1.165) is 11.6 Å². The monoisotopic (exact) mass is 341 g/mol. The van der Waals surface area contributed by atoms with Crippen LogP contribution in [0.5, 0.6) is 5.75 Å². The predicted molar refractivity (Wildman–Crippen MR) is 86.3 cm³/mol. The smallest absolute Gasteiger partial charge is 0.265 e. The van der Waals surface area contributed by atoms with Crippen LogP contribution in [0.15, 0.2) is 36.4 Å². The van der Waals surface area contributed by atoms with E-state index in [4.69, 9.17) is 27.9 Å². The summed E-state index contributed by atoms with van der Waals surface area (Å²) in [4.78, 5) is 12.1. The molecule has 0 aromatic heterocycles. The summed E-state index contributed by atoms with van der Waals surface area (Å²) < 4.78 is 18.5. The quantitative estimate of drug-likeness (QED) is 0.863. The molecule has 6 heteroatoms. The number of amides is 1. The molecule has 0 aliphatic carbocycles. The normalized spacial score (nSPS) is 11.9. The Bertz CT molecular complexity index is 707. The van der Waals surface area contributed by atoms with Crippen molar-refractivity contribution in [2.45, 2.75) is 20.0 Å². The van der Waals surface area contributed by atoms with Gasteiger partial charge in [-0.15, -0.1) is 0 Å². The number of hydrogen-bond donors (Lipinski definition) is 1. The molecule has 0 fully saturated rings. The first-order valence-electron chi connectivity index (χ1n) is 6.55. The number of carbonyl (C=O) groups is 1. The number of hydrogen-bond acceptors (Lipinski definition) is 2. The maximum Gasteiger partial charge on any atom is 0.265 e. The van der Waals surface area contributed by atoms with Gasteiger partial charge in [0.2, 0.25) is 0 Å². The Labute approximate surface area is 138 Å². The van der Waals surface area contributed by atoms with Crippen LogP contribution >= 0.6 is 23.2 Å². The van der Waals surface area contributed by atoms with Crippen LogP contribution in [-0.4, -0.2) is 12.0 Å². The first-order valence-corrected chi connectivity index (χ1v) is 7.31. The van der Waals surface area contributed by atoms with E-state index in [9.17, 15) is 9.18 Å². The largest absolute Gasteiger partial charge is 0.479 e. The second-order valence-electron chi connectivity index (χ2n) is 4.81. The molecule has 1 N–H and O–H groups in total. The second kappa shape index (κ2) is 6.99. The second-order valence-corrected chi connectivity index (χ2v) is 5.62. The number of aryl methyl sites for hydroxylation is 1. The first kappa shape index (κ1) is 16.6. The number of nitrogens with one attached hydrogen (secondary N) is 1. The van der Waals surface area contributed by atoms with E-state index in [1.807, 2.05) is 13.0 Å². The lowest BCUT2D eigenvalue weighted by atomic mass is 10.2. The molecule has 0 unspecified atom stereocenters. The highest BCUT2D eigenvalue weighted by molar-refractivity contribution is 6.33. The zero-order chi connectivity index (χ0) is 16.3. The molecule has 3 nitrogen and oxygen atoms in total. The molecule has 2 aromatic carbocycles. The molecule has 0 bridgehead atoms. The lowest BCUT2D eigenvalue weighted by Gasteiger charge is -2.16. The van der Waals surface area contributed by atoms with Gasteiger partial charge in [0.15, 0.2) is 6.10 Å². The Hall–Kier alpha value is -1.78. The van der Waals surface area contributed by atoms with Crippen molar-refractivity contribution in [1.29, 1.82) is 0 Å². The van der Waals surface area contributed by atoms with Crippen LogP contribution in [0.2, 0.25) is 10.0 Å². The Morgan fingerprint density at radius 1 is 1.18 bits per heavy atom. The number of anilines is 1. The van der Waals surface area contributed by atoms with Crippen molar-refractivity contribution in [3.05, 3.63) is 57.8 Å². The van der Waals surface area contributed by atoms with Gasteiger partial charge in [-0.2, -0.15) is 0 Å². The lowest BCUT2D eigenvalue weighted by molar-refractivity contribution is -0.122. The molecule has 0 heterocycles. The molecular weight excluding hydrogens is 328 g/mol. The molecule has 0 saturated heterocycles. The molecule has 0 spiro atoms. The van der Waals surface area contributed by atoms with Gasteiger partial charge in [0.25, 0.3) is 5.91 Å². The molecule has 22 heavy (non-hydrogen) atoms. The van der Waals surface area contributed by atoms with Gasteiger partial charge in [0.1, 0.15) is 11.6 Å². The van der Waals surface area contributed by atoms with E-state index in [1.165, 1.54) is 12.1 Å². The van der Waals surface area contributed by atoms with Crippen LogP contribution in [0.1, 0.15) is 12.5 Å². The molecule has 1 amide bonds. The Morgan fingerprint density at radius 2 is 1.91 bits per heavy atom. The maximum absolute atomic E-state index is 13.0. The van der Waals surface area contributed by atoms with Crippen molar-refractivity contribution in [2.24, 2.45) is 0 Å². The van der Waals surface area contributed by atoms with Crippen molar-refractivity contribution in [3.63, 3.8) is 0 Å². The van der Waals surface area contributed by atoms with E-state index >= 15 is 0 Å².